The van der Waals surface area contributed by atoms with Gasteiger partial charge in [-0.25, -0.2) is 0 Å². The highest BCUT2D eigenvalue weighted by Gasteiger charge is 2.23. The first-order valence-electron chi connectivity index (χ1n) is 6.12. The highest BCUT2D eigenvalue weighted by Crippen LogP contribution is 2.35. The zero-order valence-corrected chi connectivity index (χ0v) is 15.5. The molecule has 0 amide bonds. The molecule has 2 rings (SSSR count). The summed E-state index contributed by atoms with van der Waals surface area (Å²) in [5.74, 6) is 0.743. The molecule has 0 saturated carbocycles. The molecule has 1 aromatic carbocycles. The molecule has 0 saturated heterocycles. The lowest BCUT2D eigenvalue weighted by molar-refractivity contribution is 0.173. The van der Waals surface area contributed by atoms with Crippen LogP contribution in [0.25, 0.3) is 0 Å². The zero-order valence-electron chi connectivity index (χ0n) is 10.8. The van der Waals surface area contributed by atoms with Crippen LogP contribution < -0.4 is 10.5 Å². The van der Waals surface area contributed by atoms with Gasteiger partial charge >= 0.3 is 0 Å². The van der Waals surface area contributed by atoms with E-state index in [1.54, 1.807) is 17.4 Å². The normalized spacial score (nSPS) is 14.1. The lowest BCUT2D eigenvalue weighted by Crippen LogP contribution is -2.31. The van der Waals surface area contributed by atoms with E-state index in [0.29, 0.717) is 5.02 Å². The number of halogens is 3. The van der Waals surface area contributed by atoms with E-state index in [0.717, 1.165) is 26.0 Å². The lowest BCUT2D eigenvalue weighted by atomic mass is 10.1. The third-order valence-electron chi connectivity index (χ3n) is 2.88. The van der Waals surface area contributed by atoms with Crippen molar-refractivity contribution < 1.29 is 4.74 Å². The van der Waals surface area contributed by atoms with E-state index in [4.69, 9.17) is 22.1 Å². The fourth-order valence-electron chi connectivity index (χ4n) is 1.76. The molecule has 0 aliphatic rings. The van der Waals surface area contributed by atoms with Gasteiger partial charge in [-0.1, -0.05) is 18.5 Å². The Morgan fingerprint density at radius 2 is 2.10 bits per heavy atom. The summed E-state index contributed by atoms with van der Waals surface area (Å²) in [5, 5.41) is 2.70. The Hall–Kier alpha value is -0.0700. The van der Waals surface area contributed by atoms with Gasteiger partial charge in [0.25, 0.3) is 0 Å². The standard InChI is InChI=1S/C14H14Br2ClNOS/c1-2-11(18)14(13-5-8(15)7-20-13)19-12-4-3-9(17)6-10(12)16/h3-7,11,14H,2,18H2,1H3. The molecule has 108 valence electrons. The van der Waals surface area contributed by atoms with Crippen molar-refractivity contribution in [2.24, 2.45) is 5.73 Å². The van der Waals surface area contributed by atoms with E-state index < -0.39 is 0 Å². The quantitative estimate of drug-likeness (QED) is 0.641. The Morgan fingerprint density at radius 3 is 2.65 bits per heavy atom. The van der Waals surface area contributed by atoms with Crippen molar-refractivity contribution in [3.05, 3.63) is 48.5 Å². The number of thiophene rings is 1. The maximum atomic E-state index is 6.21. The van der Waals surface area contributed by atoms with Gasteiger partial charge in [0.2, 0.25) is 0 Å². The Bertz CT molecular complexity index is 590. The summed E-state index contributed by atoms with van der Waals surface area (Å²) in [4.78, 5) is 1.10. The smallest absolute Gasteiger partial charge is 0.148 e. The molecule has 0 bridgehead atoms. The minimum absolute atomic E-state index is 0.0665. The maximum Gasteiger partial charge on any atom is 0.148 e. The summed E-state index contributed by atoms with van der Waals surface area (Å²) in [7, 11) is 0. The van der Waals surface area contributed by atoms with Crippen LogP contribution in [0.3, 0.4) is 0 Å². The number of benzene rings is 1. The van der Waals surface area contributed by atoms with Crippen LogP contribution >= 0.6 is 54.8 Å². The molecule has 0 radical (unpaired) electrons. The van der Waals surface area contributed by atoms with Crippen LogP contribution in [-0.2, 0) is 0 Å². The molecule has 0 fully saturated rings. The summed E-state index contributed by atoms with van der Waals surface area (Å²) in [6.45, 7) is 2.06. The van der Waals surface area contributed by atoms with Gasteiger partial charge in [-0.3, -0.25) is 0 Å². The molecule has 2 atom stereocenters. The molecule has 1 heterocycles. The molecule has 2 unspecified atom stereocenters. The number of rotatable bonds is 5. The van der Waals surface area contributed by atoms with Gasteiger partial charge in [0, 0.05) is 25.8 Å². The highest BCUT2D eigenvalue weighted by atomic mass is 79.9. The van der Waals surface area contributed by atoms with Crippen LogP contribution in [0, 0.1) is 0 Å². The Morgan fingerprint density at radius 1 is 1.35 bits per heavy atom. The molecule has 1 aromatic heterocycles. The van der Waals surface area contributed by atoms with Gasteiger partial charge in [0.1, 0.15) is 11.9 Å². The number of hydrogen-bond donors (Lipinski definition) is 1. The number of nitrogens with two attached hydrogens (primary N) is 1. The van der Waals surface area contributed by atoms with Crippen LogP contribution in [0.1, 0.15) is 24.3 Å². The van der Waals surface area contributed by atoms with Crippen molar-refractivity contribution in [3.8, 4) is 5.75 Å². The van der Waals surface area contributed by atoms with Crippen molar-refractivity contribution in [1.82, 2.24) is 0 Å². The van der Waals surface area contributed by atoms with Crippen LogP contribution in [0.4, 0.5) is 0 Å². The van der Waals surface area contributed by atoms with E-state index in [9.17, 15) is 0 Å². The third kappa shape index (κ3) is 3.98. The Labute approximate surface area is 144 Å². The molecule has 2 nitrogen and oxygen atoms in total. The number of ether oxygens (including phenoxy) is 1. The average Bonchev–Trinajstić information content (AvgIpc) is 2.83. The summed E-state index contributed by atoms with van der Waals surface area (Å²) in [5.41, 5.74) is 6.21. The second-order valence-corrected chi connectivity index (χ2v) is 7.50. The lowest BCUT2D eigenvalue weighted by Gasteiger charge is -2.24. The SMILES string of the molecule is CCC(N)C(Oc1ccc(Cl)cc1Br)c1cc(Br)cs1. The molecule has 0 aliphatic heterocycles. The molecular formula is C14H14Br2ClNOS. The maximum absolute atomic E-state index is 6.21. The van der Waals surface area contributed by atoms with Gasteiger partial charge in [-0.15, -0.1) is 11.3 Å². The summed E-state index contributed by atoms with van der Waals surface area (Å²) >= 11 is 14.5. The predicted octanol–water partition coefficient (Wildman–Crippen LogP) is 5.78. The van der Waals surface area contributed by atoms with E-state index >= 15 is 0 Å². The largest absolute Gasteiger partial charge is 0.482 e. The van der Waals surface area contributed by atoms with Crippen molar-refractivity contribution in [3.63, 3.8) is 0 Å². The van der Waals surface area contributed by atoms with Gasteiger partial charge in [-0.2, -0.15) is 0 Å². The summed E-state index contributed by atoms with van der Waals surface area (Å²) in [6.07, 6.45) is 0.666. The van der Waals surface area contributed by atoms with Crippen LogP contribution in [0.5, 0.6) is 5.75 Å². The zero-order chi connectivity index (χ0) is 14.7. The number of hydrogen-bond acceptors (Lipinski definition) is 3. The first kappa shape index (κ1) is 16.3. The molecule has 6 heteroatoms. The highest BCUT2D eigenvalue weighted by molar-refractivity contribution is 9.10. The van der Waals surface area contributed by atoms with Gasteiger partial charge in [-0.05, 0) is 62.5 Å². The second kappa shape index (κ2) is 7.27. The molecule has 20 heavy (non-hydrogen) atoms. The van der Waals surface area contributed by atoms with Crippen LogP contribution in [0.2, 0.25) is 5.02 Å². The van der Waals surface area contributed by atoms with Crippen molar-refractivity contribution in [1.29, 1.82) is 0 Å². The molecule has 2 N–H and O–H groups in total. The van der Waals surface area contributed by atoms with Crippen LogP contribution in [-0.4, -0.2) is 6.04 Å². The first-order chi connectivity index (χ1) is 9.51. The van der Waals surface area contributed by atoms with E-state index in [-0.39, 0.29) is 12.1 Å². The van der Waals surface area contributed by atoms with E-state index in [2.05, 4.69) is 44.8 Å². The van der Waals surface area contributed by atoms with Gasteiger partial charge in [0.05, 0.1) is 4.47 Å². The van der Waals surface area contributed by atoms with E-state index in [1.165, 1.54) is 0 Å². The minimum Gasteiger partial charge on any atom is -0.482 e. The fraction of sp³-hybridized carbons (Fsp3) is 0.286. The first-order valence-corrected chi connectivity index (χ1v) is 8.96. The summed E-state index contributed by atoms with van der Waals surface area (Å²) in [6, 6.07) is 7.46. The van der Waals surface area contributed by atoms with Crippen LogP contribution in [0.15, 0.2) is 38.6 Å². The van der Waals surface area contributed by atoms with Crippen molar-refractivity contribution in [2.75, 3.05) is 0 Å². The molecule has 0 aliphatic carbocycles. The van der Waals surface area contributed by atoms with E-state index in [1.807, 2.05) is 17.5 Å². The summed E-state index contributed by atoms with van der Waals surface area (Å²) < 4.78 is 7.98. The predicted molar refractivity (Wildman–Crippen MR) is 92.8 cm³/mol. The third-order valence-corrected chi connectivity index (χ3v) is 5.49. The van der Waals surface area contributed by atoms with Crippen molar-refractivity contribution in [2.45, 2.75) is 25.5 Å². The van der Waals surface area contributed by atoms with Crippen molar-refractivity contribution >= 4 is 54.8 Å². The monoisotopic (exact) mass is 437 g/mol. The molecular weight excluding hydrogens is 425 g/mol. The Balaban J connectivity index is 2.28. The molecule has 2 aromatic rings. The average molecular weight is 440 g/mol. The topological polar surface area (TPSA) is 35.2 Å². The van der Waals surface area contributed by atoms with Gasteiger partial charge in [0.15, 0.2) is 0 Å². The fourth-order valence-corrected chi connectivity index (χ4v) is 4.08. The minimum atomic E-state index is -0.172. The second-order valence-electron chi connectivity index (χ2n) is 4.35. The van der Waals surface area contributed by atoms with Gasteiger partial charge < -0.3 is 10.5 Å². The Kier molecular flexibility index (Phi) is 5.93. The molecule has 0 spiro atoms.